The minimum absolute atomic E-state index is 0.205. The summed E-state index contributed by atoms with van der Waals surface area (Å²) in [5, 5.41) is 2.13. The SMILES string of the molecule is CC1(C)COC(c2ccc3ccc4ccc(-c5ccccc5)nc4c3n2)=N1. The third-order valence-corrected chi connectivity index (χ3v) is 4.77. The summed E-state index contributed by atoms with van der Waals surface area (Å²) in [6.45, 7) is 4.70. The molecule has 0 saturated heterocycles. The van der Waals surface area contributed by atoms with Gasteiger partial charge in [0.1, 0.15) is 12.3 Å². The van der Waals surface area contributed by atoms with Crippen molar-refractivity contribution >= 4 is 27.7 Å². The fraction of sp³-hybridized carbons (Fsp3) is 0.174. The average molecular weight is 353 g/mol. The summed E-state index contributed by atoms with van der Waals surface area (Å²) in [6, 6.07) is 22.6. The Morgan fingerprint density at radius 3 is 1.96 bits per heavy atom. The molecule has 0 bridgehead atoms. The largest absolute Gasteiger partial charge is 0.474 e. The van der Waals surface area contributed by atoms with Crippen molar-refractivity contribution in [3.8, 4) is 11.3 Å². The van der Waals surface area contributed by atoms with Crippen molar-refractivity contribution in [2.75, 3.05) is 6.61 Å². The van der Waals surface area contributed by atoms with Gasteiger partial charge in [0.05, 0.1) is 22.3 Å². The van der Waals surface area contributed by atoms with Crippen molar-refractivity contribution in [1.29, 1.82) is 0 Å². The number of hydrogen-bond donors (Lipinski definition) is 0. The van der Waals surface area contributed by atoms with Crippen LogP contribution in [0.5, 0.6) is 0 Å². The molecule has 0 saturated carbocycles. The van der Waals surface area contributed by atoms with Gasteiger partial charge in [0.2, 0.25) is 5.90 Å². The number of nitrogens with zero attached hydrogens (tertiary/aromatic N) is 3. The molecule has 3 heterocycles. The molecule has 0 unspecified atom stereocenters. The van der Waals surface area contributed by atoms with Gasteiger partial charge in [-0.25, -0.2) is 15.0 Å². The smallest absolute Gasteiger partial charge is 0.236 e. The van der Waals surface area contributed by atoms with E-state index in [1.165, 1.54) is 0 Å². The number of aromatic nitrogens is 2. The van der Waals surface area contributed by atoms with Gasteiger partial charge in [-0.3, -0.25) is 0 Å². The second-order valence-corrected chi connectivity index (χ2v) is 7.49. The van der Waals surface area contributed by atoms with Crippen molar-refractivity contribution in [2.45, 2.75) is 19.4 Å². The zero-order valence-corrected chi connectivity index (χ0v) is 15.3. The van der Waals surface area contributed by atoms with Crippen molar-refractivity contribution in [2.24, 2.45) is 4.99 Å². The average Bonchev–Trinajstić information content (AvgIpc) is 3.07. The Morgan fingerprint density at radius 1 is 0.741 bits per heavy atom. The molecule has 0 fully saturated rings. The quantitative estimate of drug-likeness (QED) is 0.476. The molecule has 1 aliphatic heterocycles. The summed E-state index contributed by atoms with van der Waals surface area (Å²) in [4.78, 5) is 14.4. The van der Waals surface area contributed by atoms with Crippen LogP contribution in [0, 0.1) is 0 Å². The molecule has 1 aliphatic rings. The first-order valence-electron chi connectivity index (χ1n) is 9.08. The fourth-order valence-electron chi connectivity index (χ4n) is 3.37. The first kappa shape index (κ1) is 15.9. The number of fused-ring (bicyclic) bond motifs is 3. The number of ether oxygens (including phenoxy) is 1. The number of benzene rings is 2. The van der Waals surface area contributed by atoms with Crippen LogP contribution in [0.4, 0.5) is 0 Å². The molecule has 132 valence electrons. The van der Waals surface area contributed by atoms with E-state index in [1.807, 2.05) is 24.3 Å². The first-order valence-corrected chi connectivity index (χ1v) is 9.08. The number of hydrogen-bond acceptors (Lipinski definition) is 4. The Labute approximate surface area is 157 Å². The zero-order chi connectivity index (χ0) is 18.4. The van der Waals surface area contributed by atoms with E-state index in [0.717, 1.165) is 38.8 Å². The highest BCUT2D eigenvalue weighted by atomic mass is 16.5. The van der Waals surface area contributed by atoms with Gasteiger partial charge in [0, 0.05) is 16.3 Å². The van der Waals surface area contributed by atoms with Gasteiger partial charge in [0.15, 0.2) is 0 Å². The van der Waals surface area contributed by atoms with Crippen LogP contribution in [0.15, 0.2) is 71.7 Å². The second kappa shape index (κ2) is 5.88. The van der Waals surface area contributed by atoms with Crippen LogP contribution in [0.2, 0.25) is 0 Å². The molecule has 0 N–H and O–H groups in total. The molecule has 0 amide bonds. The van der Waals surface area contributed by atoms with E-state index >= 15 is 0 Å². The van der Waals surface area contributed by atoms with Crippen molar-refractivity contribution in [1.82, 2.24) is 9.97 Å². The third-order valence-electron chi connectivity index (χ3n) is 4.77. The monoisotopic (exact) mass is 353 g/mol. The summed E-state index contributed by atoms with van der Waals surface area (Å²) in [5.41, 5.74) is 4.36. The standard InChI is InChI=1S/C23H19N3O/c1-23(2)14-27-22(26-23)19-13-11-17-9-8-16-10-12-18(15-6-4-3-5-7-15)24-20(16)21(17)25-19/h3-13H,14H2,1-2H3. The van der Waals surface area contributed by atoms with E-state index in [-0.39, 0.29) is 5.54 Å². The number of rotatable bonds is 2. The Hall–Kier alpha value is -3.27. The van der Waals surface area contributed by atoms with E-state index in [0.29, 0.717) is 12.5 Å². The number of aliphatic imine (C=N–C) groups is 1. The van der Waals surface area contributed by atoms with Crippen molar-refractivity contribution < 1.29 is 4.74 Å². The summed E-state index contributed by atoms with van der Waals surface area (Å²) in [6.07, 6.45) is 0. The predicted molar refractivity (Wildman–Crippen MR) is 109 cm³/mol. The highest BCUT2D eigenvalue weighted by molar-refractivity contribution is 6.05. The molecule has 4 aromatic rings. The maximum absolute atomic E-state index is 5.78. The van der Waals surface area contributed by atoms with Crippen molar-refractivity contribution in [3.05, 3.63) is 72.4 Å². The molecular weight excluding hydrogens is 334 g/mol. The van der Waals surface area contributed by atoms with E-state index in [9.17, 15) is 0 Å². The van der Waals surface area contributed by atoms with Gasteiger partial charge in [0.25, 0.3) is 0 Å². The Bertz CT molecular complexity index is 1200. The van der Waals surface area contributed by atoms with Crippen LogP contribution in [0.1, 0.15) is 19.5 Å². The summed E-state index contributed by atoms with van der Waals surface area (Å²) < 4.78 is 5.78. The molecule has 0 aliphatic carbocycles. The molecule has 2 aromatic heterocycles. The number of pyridine rings is 2. The van der Waals surface area contributed by atoms with Crippen LogP contribution >= 0.6 is 0 Å². The Kier molecular flexibility index (Phi) is 3.47. The van der Waals surface area contributed by atoms with Gasteiger partial charge in [-0.05, 0) is 26.0 Å². The van der Waals surface area contributed by atoms with Crippen molar-refractivity contribution in [3.63, 3.8) is 0 Å². The lowest BCUT2D eigenvalue weighted by Crippen LogP contribution is -2.17. The highest BCUT2D eigenvalue weighted by Gasteiger charge is 2.27. The summed E-state index contributed by atoms with van der Waals surface area (Å²) in [7, 11) is 0. The molecule has 4 heteroatoms. The minimum atomic E-state index is -0.205. The van der Waals surface area contributed by atoms with Crippen LogP contribution < -0.4 is 0 Å². The molecule has 27 heavy (non-hydrogen) atoms. The molecule has 2 aromatic carbocycles. The van der Waals surface area contributed by atoms with Gasteiger partial charge in [-0.15, -0.1) is 0 Å². The molecule has 0 spiro atoms. The van der Waals surface area contributed by atoms with Gasteiger partial charge in [-0.2, -0.15) is 0 Å². The third kappa shape index (κ3) is 2.83. The molecule has 0 radical (unpaired) electrons. The Morgan fingerprint density at radius 2 is 1.33 bits per heavy atom. The molecule has 5 rings (SSSR count). The predicted octanol–water partition coefficient (Wildman–Crippen LogP) is 5.01. The van der Waals surface area contributed by atoms with Crippen LogP contribution in [0.25, 0.3) is 33.1 Å². The summed E-state index contributed by atoms with van der Waals surface area (Å²) >= 11 is 0. The van der Waals surface area contributed by atoms with E-state index in [1.54, 1.807) is 0 Å². The fourth-order valence-corrected chi connectivity index (χ4v) is 3.37. The van der Waals surface area contributed by atoms with E-state index < -0.39 is 0 Å². The summed E-state index contributed by atoms with van der Waals surface area (Å²) in [5.74, 6) is 0.609. The van der Waals surface area contributed by atoms with Gasteiger partial charge >= 0.3 is 0 Å². The minimum Gasteiger partial charge on any atom is -0.474 e. The molecule has 4 nitrogen and oxygen atoms in total. The van der Waals surface area contributed by atoms with Gasteiger partial charge < -0.3 is 4.74 Å². The van der Waals surface area contributed by atoms with E-state index in [4.69, 9.17) is 14.7 Å². The second-order valence-electron chi connectivity index (χ2n) is 7.49. The molecule has 0 atom stereocenters. The normalized spacial score (nSPS) is 15.7. The van der Waals surface area contributed by atoms with E-state index in [2.05, 4.69) is 61.3 Å². The Balaban J connectivity index is 1.72. The zero-order valence-electron chi connectivity index (χ0n) is 15.3. The maximum Gasteiger partial charge on any atom is 0.236 e. The maximum atomic E-state index is 5.78. The lowest BCUT2D eigenvalue weighted by molar-refractivity contribution is 0.279. The lowest BCUT2D eigenvalue weighted by Gasteiger charge is -2.08. The first-order chi connectivity index (χ1) is 13.1. The molecular formula is C23H19N3O. The van der Waals surface area contributed by atoms with Crippen LogP contribution in [0.3, 0.4) is 0 Å². The lowest BCUT2D eigenvalue weighted by atomic mass is 10.1. The topological polar surface area (TPSA) is 47.4 Å². The van der Waals surface area contributed by atoms with Crippen LogP contribution in [-0.2, 0) is 4.74 Å². The van der Waals surface area contributed by atoms with Crippen LogP contribution in [-0.4, -0.2) is 28.0 Å². The highest BCUT2D eigenvalue weighted by Crippen LogP contribution is 2.27. The van der Waals surface area contributed by atoms with Gasteiger partial charge in [-0.1, -0.05) is 54.6 Å².